The molecule has 2 rings (SSSR count). The Bertz CT molecular complexity index is 699. The van der Waals surface area contributed by atoms with Crippen LogP contribution in [0.25, 0.3) is 11.1 Å². The molecule has 0 amide bonds. The summed E-state index contributed by atoms with van der Waals surface area (Å²) in [6.45, 7) is 0. The number of esters is 1. The Morgan fingerprint density at radius 1 is 1.09 bits per heavy atom. The van der Waals surface area contributed by atoms with Gasteiger partial charge in [-0.1, -0.05) is 18.2 Å². The van der Waals surface area contributed by atoms with Gasteiger partial charge in [0.1, 0.15) is 5.75 Å². The molecule has 22 heavy (non-hydrogen) atoms. The van der Waals surface area contributed by atoms with Crippen molar-refractivity contribution in [2.24, 2.45) is 0 Å². The van der Waals surface area contributed by atoms with Gasteiger partial charge < -0.3 is 15.2 Å². The van der Waals surface area contributed by atoms with Crippen molar-refractivity contribution in [3.63, 3.8) is 0 Å². The lowest BCUT2D eigenvalue weighted by molar-refractivity contribution is -0.274. The van der Waals surface area contributed by atoms with Crippen LogP contribution in [0.2, 0.25) is 0 Å². The number of hydrogen-bond donors (Lipinski definition) is 1. The first kappa shape index (κ1) is 15.7. The molecular formula is C15H12F3NO3. The fraction of sp³-hybridized carbons (Fsp3) is 0.133. The molecule has 0 aliphatic carbocycles. The van der Waals surface area contributed by atoms with Gasteiger partial charge in [-0.3, -0.25) is 0 Å². The normalized spacial score (nSPS) is 11.1. The second kappa shape index (κ2) is 5.97. The third-order valence-electron chi connectivity index (χ3n) is 2.86. The molecule has 0 radical (unpaired) electrons. The number of carbonyl (C=O) groups is 1. The molecule has 0 aliphatic heterocycles. The van der Waals surface area contributed by atoms with E-state index in [0.29, 0.717) is 11.1 Å². The highest BCUT2D eigenvalue weighted by atomic mass is 19.4. The van der Waals surface area contributed by atoms with Crippen molar-refractivity contribution in [3.05, 3.63) is 48.0 Å². The van der Waals surface area contributed by atoms with E-state index >= 15 is 0 Å². The van der Waals surface area contributed by atoms with Crippen molar-refractivity contribution in [2.75, 3.05) is 12.8 Å². The highest BCUT2D eigenvalue weighted by Crippen LogP contribution is 2.29. The Kier molecular flexibility index (Phi) is 4.25. The van der Waals surface area contributed by atoms with Crippen LogP contribution in [0.1, 0.15) is 10.4 Å². The number of hydrogen-bond acceptors (Lipinski definition) is 4. The van der Waals surface area contributed by atoms with Gasteiger partial charge in [-0.15, -0.1) is 13.2 Å². The Morgan fingerprint density at radius 3 is 2.36 bits per heavy atom. The van der Waals surface area contributed by atoms with Gasteiger partial charge >= 0.3 is 12.3 Å². The summed E-state index contributed by atoms with van der Waals surface area (Å²) in [7, 11) is 1.23. The zero-order valence-electron chi connectivity index (χ0n) is 11.5. The van der Waals surface area contributed by atoms with Crippen LogP contribution in [-0.4, -0.2) is 19.4 Å². The van der Waals surface area contributed by atoms with Gasteiger partial charge in [0.25, 0.3) is 0 Å². The molecular weight excluding hydrogens is 299 g/mol. The molecule has 0 aromatic heterocycles. The minimum atomic E-state index is -4.76. The molecule has 0 unspecified atom stereocenters. The summed E-state index contributed by atoms with van der Waals surface area (Å²) < 4.78 is 45.1. The summed E-state index contributed by atoms with van der Waals surface area (Å²) >= 11 is 0. The van der Waals surface area contributed by atoms with Crippen molar-refractivity contribution < 1.29 is 27.4 Å². The second-order valence-electron chi connectivity index (χ2n) is 4.37. The van der Waals surface area contributed by atoms with Crippen molar-refractivity contribution in [3.8, 4) is 16.9 Å². The first-order chi connectivity index (χ1) is 10.3. The standard InChI is InChI=1S/C15H12F3NO3/c1-21-14(20)12-6-5-10(8-13(12)19)9-3-2-4-11(7-9)22-15(16,17)18/h2-8H,19H2,1H3. The van der Waals surface area contributed by atoms with Crippen LogP contribution in [0.5, 0.6) is 5.75 Å². The molecule has 0 bridgehead atoms. The average molecular weight is 311 g/mol. The SMILES string of the molecule is COC(=O)c1ccc(-c2cccc(OC(F)(F)F)c2)cc1N. The summed E-state index contributed by atoms with van der Waals surface area (Å²) in [4.78, 5) is 11.4. The van der Waals surface area contributed by atoms with Crippen LogP contribution >= 0.6 is 0 Å². The number of anilines is 1. The van der Waals surface area contributed by atoms with Gasteiger partial charge in [-0.25, -0.2) is 4.79 Å². The van der Waals surface area contributed by atoms with Gasteiger partial charge in [-0.2, -0.15) is 0 Å². The lowest BCUT2D eigenvalue weighted by Crippen LogP contribution is -2.17. The predicted octanol–water partition coefficient (Wildman–Crippen LogP) is 3.62. The minimum absolute atomic E-state index is 0.173. The first-order valence-corrected chi connectivity index (χ1v) is 6.14. The quantitative estimate of drug-likeness (QED) is 0.694. The highest BCUT2D eigenvalue weighted by Gasteiger charge is 2.31. The highest BCUT2D eigenvalue weighted by molar-refractivity contribution is 5.96. The number of nitrogen functional groups attached to an aromatic ring is 1. The predicted molar refractivity (Wildman–Crippen MR) is 74.3 cm³/mol. The monoisotopic (exact) mass is 311 g/mol. The Morgan fingerprint density at radius 2 is 1.77 bits per heavy atom. The molecule has 4 nitrogen and oxygen atoms in total. The number of carbonyl (C=O) groups excluding carboxylic acids is 1. The molecule has 7 heteroatoms. The van der Waals surface area contributed by atoms with Crippen molar-refractivity contribution >= 4 is 11.7 Å². The van der Waals surface area contributed by atoms with E-state index in [1.807, 2.05) is 0 Å². The molecule has 0 saturated carbocycles. The fourth-order valence-corrected chi connectivity index (χ4v) is 1.91. The lowest BCUT2D eigenvalue weighted by Gasteiger charge is -2.11. The van der Waals surface area contributed by atoms with Gasteiger partial charge in [0, 0.05) is 5.69 Å². The van der Waals surface area contributed by atoms with E-state index in [-0.39, 0.29) is 17.0 Å². The van der Waals surface area contributed by atoms with E-state index in [0.717, 1.165) is 0 Å². The Balaban J connectivity index is 2.34. The van der Waals surface area contributed by atoms with E-state index in [1.54, 1.807) is 12.1 Å². The second-order valence-corrected chi connectivity index (χ2v) is 4.37. The summed E-state index contributed by atoms with van der Waals surface area (Å²) in [5.41, 5.74) is 7.15. The van der Waals surface area contributed by atoms with Crippen LogP contribution in [0.3, 0.4) is 0 Å². The molecule has 2 aromatic carbocycles. The zero-order chi connectivity index (χ0) is 16.3. The van der Waals surface area contributed by atoms with Crippen molar-refractivity contribution in [2.45, 2.75) is 6.36 Å². The van der Waals surface area contributed by atoms with Crippen LogP contribution in [0.15, 0.2) is 42.5 Å². The number of ether oxygens (including phenoxy) is 2. The molecule has 0 aliphatic rings. The van der Waals surface area contributed by atoms with Gasteiger partial charge in [-0.05, 0) is 35.4 Å². The lowest BCUT2D eigenvalue weighted by atomic mass is 10.0. The summed E-state index contributed by atoms with van der Waals surface area (Å²) in [6, 6.07) is 9.97. The van der Waals surface area contributed by atoms with E-state index in [1.165, 1.54) is 37.4 Å². The minimum Gasteiger partial charge on any atom is -0.465 e. The van der Waals surface area contributed by atoms with E-state index in [9.17, 15) is 18.0 Å². The topological polar surface area (TPSA) is 61.5 Å². The molecule has 2 aromatic rings. The number of rotatable bonds is 3. The van der Waals surface area contributed by atoms with E-state index < -0.39 is 12.3 Å². The van der Waals surface area contributed by atoms with Gasteiger partial charge in [0.2, 0.25) is 0 Å². The van der Waals surface area contributed by atoms with E-state index in [2.05, 4.69) is 9.47 Å². The van der Waals surface area contributed by atoms with Crippen molar-refractivity contribution in [1.82, 2.24) is 0 Å². The Labute approximate surface area is 124 Å². The molecule has 0 heterocycles. The average Bonchev–Trinajstić information content (AvgIpc) is 2.45. The first-order valence-electron chi connectivity index (χ1n) is 6.14. The fourth-order valence-electron chi connectivity index (χ4n) is 1.91. The maximum atomic E-state index is 12.2. The molecule has 0 saturated heterocycles. The van der Waals surface area contributed by atoms with E-state index in [4.69, 9.17) is 5.73 Å². The van der Waals surface area contributed by atoms with Crippen molar-refractivity contribution in [1.29, 1.82) is 0 Å². The number of nitrogens with two attached hydrogens (primary N) is 1. The number of alkyl halides is 3. The molecule has 2 N–H and O–H groups in total. The maximum Gasteiger partial charge on any atom is 0.573 e. The molecule has 0 fully saturated rings. The van der Waals surface area contributed by atoms with Crippen LogP contribution < -0.4 is 10.5 Å². The number of benzene rings is 2. The maximum absolute atomic E-state index is 12.2. The summed E-state index contributed by atoms with van der Waals surface area (Å²) in [5.74, 6) is -0.918. The summed E-state index contributed by atoms with van der Waals surface area (Å²) in [5, 5.41) is 0. The third-order valence-corrected chi connectivity index (χ3v) is 2.86. The molecule has 0 atom stereocenters. The van der Waals surface area contributed by atoms with Crippen LogP contribution in [0.4, 0.5) is 18.9 Å². The zero-order valence-corrected chi connectivity index (χ0v) is 11.5. The molecule has 116 valence electrons. The van der Waals surface area contributed by atoms with Gasteiger partial charge in [0.15, 0.2) is 0 Å². The Hall–Kier alpha value is -2.70. The van der Waals surface area contributed by atoms with Crippen LogP contribution in [0, 0.1) is 0 Å². The number of halogens is 3. The van der Waals surface area contributed by atoms with Gasteiger partial charge in [0.05, 0.1) is 12.7 Å². The largest absolute Gasteiger partial charge is 0.573 e. The third kappa shape index (κ3) is 3.69. The summed E-state index contributed by atoms with van der Waals surface area (Å²) in [6.07, 6.45) is -4.76. The number of methoxy groups -OCH3 is 1. The molecule has 0 spiro atoms. The van der Waals surface area contributed by atoms with Crippen LogP contribution in [-0.2, 0) is 4.74 Å². The smallest absolute Gasteiger partial charge is 0.465 e.